The maximum atomic E-state index is 15.6. The van der Waals surface area contributed by atoms with E-state index in [1.807, 2.05) is 92.2 Å². The lowest BCUT2D eigenvalue weighted by atomic mass is 9.90. The third kappa shape index (κ3) is 21.0. The minimum atomic E-state index is -3.07. The van der Waals surface area contributed by atoms with Gasteiger partial charge in [0, 0.05) is 159 Å². The number of alkyl halides is 2. The lowest BCUT2D eigenvalue weighted by Crippen LogP contribution is -2.21. The van der Waals surface area contributed by atoms with Crippen LogP contribution in [0.3, 0.4) is 0 Å². The van der Waals surface area contributed by atoms with Gasteiger partial charge in [0.15, 0.2) is 23.1 Å². The molecule has 0 aliphatic heterocycles. The first kappa shape index (κ1) is 87.0. The van der Waals surface area contributed by atoms with Crippen molar-refractivity contribution in [2.45, 2.75) is 67.2 Å². The van der Waals surface area contributed by atoms with E-state index in [9.17, 15) is 8.78 Å². The largest absolute Gasteiger partial charge is 0.497 e. The van der Waals surface area contributed by atoms with E-state index in [0.717, 1.165) is 80.7 Å². The van der Waals surface area contributed by atoms with Gasteiger partial charge in [0.1, 0.15) is 34.4 Å². The second kappa shape index (κ2) is 39.8. The molecule has 0 atom stereocenters. The molecule has 0 radical (unpaired) electrons. The van der Waals surface area contributed by atoms with Crippen molar-refractivity contribution in [1.29, 1.82) is 0 Å². The molecule has 14 aromatic rings. The summed E-state index contributed by atoms with van der Waals surface area (Å²) in [6, 6.07) is 33.8. The molecule has 119 heavy (non-hydrogen) atoms. The van der Waals surface area contributed by atoms with Crippen LogP contribution in [0.15, 0.2) is 183 Å². The zero-order chi connectivity index (χ0) is 81.4. The first-order valence-electron chi connectivity index (χ1n) is 36.6. The summed E-state index contributed by atoms with van der Waals surface area (Å²) in [5.41, 5.74) is 12.0. The van der Waals surface area contributed by atoms with Gasteiger partial charge in [-0.3, -0.25) is 29.0 Å². The molecule has 0 bridgehead atoms. The summed E-state index contributed by atoms with van der Waals surface area (Å²) in [4.78, 5) is 45.9. The van der Waals surface area contributed by atoms with Gasteiger partial charge in [0.25, 0.3) is 5.92 Å². The van der Waals surface area contributed by atoms with Gasteiger partial charge >= 0.3 is 0 Å². The third-order valence-corrected chi connectivity index (χ3v) is 18.8. The monoisotopic (exact) mass is 1610 g/mol. The molecule has 6 aromatic carbocycles. The normalized spacial score (nSPS) is 11.5. The van der Waals surface area contributed by atoms with Crippen LogP contribution in [0.1, 0.15) is 78.4 Å². The molecule has 0 N–H and O–H groups in total. The number of pyridine rings is 1. The molecule has 15 rings (SSSR count). The summed E-state index contributed by atoms with van der Waals surface area (Å²) in [6.45, 7) is 1.39. The molecule has 8 aromatic heterocycles. The molecule has 1 aliphatic rings. The van der Waals surface area contributed by atoms with Gasteiger partial charge in [-0.15, -0.1) is 0 Å². The van der Waals surface area contributed by atoms with Crippen LogP contribution < -0.4 is 47.9 Å². The van der Waals surface area contributed by atoms with Crippen molar-refractivity contribution in [1.82, 2.24) is 74.2 Å². The fourth-order valence-electron chi connectivity index (χ4n) is 12.8. The van der Waals surface area contributed by atoms with E-state index in [0.29, 0.717) is 69.0 Å². The zero-order valence-corrected chi connectivity index (χ0v) is 65.5. The zero-order valence-electron chi connectivity index (χ0n) is 65.5. The highest BCUT2D eigenvalue weighted by Crippen LogP contribution is 2.42. The maximum absolute atomic E-state index is 15.6. The molecule has 0 amide bonds. The van der Waals surface area contributed by atoms with Gasteiger partial charge in [-0.1, -0.05) is 65.2 Å². The molecule has 612 valence electrons. The predicted octanol–water partition coefficient (Wildman–Crippen LogP) is 17.7. The molecule has 1 saturated carbocycles. The summed E-state index contributed by atoms with van der Waals surface area (Å²) < 4.78 is 102. The Bertz CT molecular complexity index is 6000. The van der Waals surface area contributed by atoms with Crippen molar-refractivity contribution >= 4 is 67.2 Å². The highest BCUT2D eigenvalue weighted by molar-refractivity contribution is 5.86. The van der Waals surface area contributed by atoms with E-state index >= 15 is 8.78 Å². The lowest BCUT2D eigenvalue weighted by molar-refractivity contribution is 0.0168. The number of methoxy groups -OCH3 is 7. The number of aryl methyl sites for hydroxylation is 3. The SMILES string of the molecule is C.C.C.COc1cc(OC)cc(N(CC#CC2CCCCC2)c2ccc3ncc(-c4cnn(C)c4)nc3c2)c1.COc1cc(OC)cc(N(CC#Cc2ncccc2C(C)(F)F)c2ccc3ncc(-c4cnn(C)c4)nc3c2)c1.COc1ccnc(C#CCN(c2ccc3ncc(-c4cnn(C)c4)nc3c2)c2c(F)c(OC)cc(OC)c2F)n1. The highest BCUT2D eigenvalue weighted by Gasteiger charge is 2.29. The van der Waals surface area contributed by atoms with Crippen LogP contribution in [-0.2, 0) is 27.1 Å². The Morgan fingerprint density at radius 2 is 0.857 bits per heavy atom. The number of benzene rings is 6. The van der Waals surface area contributed by atoms with Crippen LogP contribution in [0.4, 0.5) is 51.7 Å². The first-order chi connectivity index (χ1) is 56.3. The number of rotatable bonds is 20. The number of nitrogens with zero attached hydrogens (tertiary/aromatic N) is 18. The van der Waals surface area contributed by atoms with E-state index in [1.165, 1.54) is 82.9 Å². The van der Waals surface area contributed by atoms with Gasteiger partial charge in [0.2, 0.25) is 11.7 Å². The van der Waals surface area contributed by atoms with Gasteiger partial charge in [-0.2, -0.15) is 20.3 Å². The Morgan fingerprint density at radius 1 is 0.429 bits per heavy atom. The molecule has 0 unspecified atom stereocenters. The Hall–Kier alpha value is -14.4. The van der Waals surface area contributed by atoms with E-state index in [1.54, 1.807) is 117 Å². The topological polar surface area (TPSA) is 244 Å². The van der Waals surface area contributed by atoms with Crippen LogP contribution in [0.2, 0.25) is 0 Å². The molecular formula is C90H92F4N18O7. The summed E-state index contributed by atoms with van der Waals surface area (Å²) >= 11 is 0. The third-order valence-electron chi connectivity index (χ3n) is 18.8. The van der Waals surface area contributed by atoms with Gasteiger partial charge in [-0.05, 0) is 91.4 Å². The smallest absolute Gasteiger partial charge is 0.273 e. The van der Waals surface area contributed by atoms with Crippen molar-refractivity contribution in [3.05, 3.63) is 212 Å². The van der Waals surface area contributed by atoms with Gasteiger partial charge in [-0.25, -0.2) is 42.5 Å². The average Bonchev–Trinajstić information content (AvgIpc) is 1.03. The second-order valence-corrected chi connectivity index (χ2v) is 26.6. The molecule has 1 aliphatic carbocycles. The van der Waals surface area contributed by atoms with Crippen molar-refractivity contribution in [2.24, 2.45) is 27.1 Å². The highest BCUT2D eigenvalue weighted by atomic mass is 19.3. The number of ether oxygens (including phenoxy) is 7. The molecule has 8 heterocycles. The number of hydrogen-bond acceptors (Lipinski definition) is 22. The van der Waals surface area contributed by atoms with E-state index < -0.39 is 23.2 Å². The molecule has 1 fully saturated rings. The number of anilines is 6. The minimum absolute atomic E-state index is 0. The Kier molecular flexibility index (Phi) is 29.1. The molecule has 29 heteroatoms. The van der Waals surface area contributed by atoms with E-state index in [-0.39, 0.29) is 64.0 Å². The van der Waals surface area contributed by atoms with Crippen LogP contribution in [-0.4, -0.2) is 144 Å². The quantitative estimate of drug-likeness (QED) is 0.0508. The Labute approximate surface area is 689 Å². The molecule has 25 nitrogen and oxygen atoms in total. The summed E-state index contributed by atoms with van der Waals surface area (Å²) in [6.07, 6.45) is 25.2. The fourth-order valence-corrected chi connectivity index (χ4v) is 12.8. The molecule has 0 spiro atoms. The van der Waals surface area contributed by atoms with Crippen molar-refractivity contribution < 1.29 is 50.7 Å². The predicted molar refractivity (Wildman–Crippen MR) is 455 cm³/mol. The summed E-state index contributed by atoms with van der Waals surface area (Å²) in [7, 11) is 16.1. The number of hydrogen-bond donors (Lipinski definition) is 0. The van der Waals surface area contributed by atoms with E-state index in [4.69, 9.17) is 48.1 Å². The number of aromatic nitrogens is 15. The van der Waals surface area contributed by atoms with Crippen molar-refractivity contribution in [2.75, 3.05) is 84.1 Å². The Morgan fingerprint density at radius 3 is 1.27 bits per heavy atom. The van der Waals surface area contributed by atoms with E-state index in [2.05, 4.69) is 97.8 Å². The molecular weight excluding hydrogens is 1520 g/mol. The average molecular weight is 1610 g/mol. The van der Waals surface area contributed by atoms with Crippen molar-refractivity contribution in [3.8, 4) is 110 Å². The lowest BCUT2D eigenvalue weighted by Gasteiger charge is -2.25. The number of fused-ring (bicyclic) bond motifs is 3. The summed E-state index contributed by atoms with van der Waals surface area (Å²) in [5, 5.41) is 12.7. The minimum Gasteiger partial charge on any atom is -0.497 e. The molecule has 0 saturated heterocycles. The van der Waals surface area contributed by atoms with Gasteiger partial charge in [0.05, 0.1) is 162 Å². The fraction of sp³-hybridized carbons (Fsp3) is 0.267. The standard InChI is InChI=1S/C30H26F2N6O2.C29H31N5O2.C28H23F2N7O3.3CH4/c1-30(31,32)25-7-5-11-33-26(25)8-6-12-38(22-13-23(39-3)16-24(14-22)40-4)21-9-10-27-28(15-21)36-29(18-34-27)20-17-35-37(2)19-20;1-33-20-22(18-31-33)29-19-30-27-12-11-23(16-28(27)32-29)34(13-7-10-21-8-5-4-6-9-21)24-14-25(35-2)17-26(15-24)36-3;1-36-16-17(14-33-36)21-15-32-19-8-7-18(12-20(19)34-21)37(11-5-6-24-31-10-9-25(35-24)40-4)28-26(29)22(38-2)13-23(39-3)27(28)30;;;/h5,7,9-11,13-19H,12H2,1-4H3;11-12,14-21H,4-6,8-9,13H2,1-3H3;7-10,12-16H,11H2,1-4H3;3*1H4. The summed E-state index contributed by atoms with van der Waals surface area (Å²) in [5.74, 6) is 16.9. The first-order valence-corrected chi connectivity index (χ1v) is 36.6. The number of halogens is 4. The van der Waals surface area contributed by atoms with Gasteiger partial charge < -0.3 is 47.9 Å². The second-order valence-electron chi connectivity index (χ2n) is 26.6. The van der Waals surface area contributed by atoms with Crippen LogP contribution in [0.25, 0.3) is 66.9 Å². The van der Waals surface area contributed by atoms with Crippen LogP contribution in [0, 0.1) is 53.1 Å². The maximum Gasteiger partial charge on any atom is 0.273 e. The van der Waals surface area contributed by atoms with Crippen molar-refractivity contribution in [3.63, 3.8) is 0 Å². The Balaban J connectivity index is 0.000000186. The van der Waals surface area contributed by atoms with Crippen LogP contribution in [0.5, 0.6) is 40.4 Å². The van der Waals surface area contributed by atoms with Crippen LogP contribution >= 0.6 is 0 Å².